The Morgan fingerprint density at radius 1 is 1.00 bits per heavy atom. The van der Waals surface area contributed by atoms with Crippen molar-refractivity contribution in [3.05, 3.63) is 29.8 Å². The van der Waals surface area contributed by atoms with Gasteiger partial charge in [-0.25, -0.2) is 4.79 Å². The first-order chi connectivity index (χ1) is 21.0. The van der Waals surface area contributed by atoms with Gasteiger partial charge in [0.2, 0.25) is 17.6 Å². The molecule has 1 aromatic carbocycles. The summed E-state index contributed by atoms with van der Waals surface area (Å²) in [6.07, 6.45) is 2.71. The van der Waals surface area contributed by atoms with Gasteiger partial charge in [0.05, 0.1) is 12.1 Å². The van der Waals surface area contributed by atoms with Crippen LogP contribution in [0.25, 0.3) is 0 Å². The Bertz CT molecular complexity index is 1290. The van der Waals surface area contributed by atoms with Gasteiger partial charge in [-0.2, -0.15) is 0 Å². The van der Waals surface area contributed by atoms with Crippen LogP contribution in [0.2, 0.25) is 0 Å². The zero-order valence-electron chi connectivity index (χ0n) is 27.4. The van der Waals surface area contributed by atoms with Crippen LogP contribution in [0.15, 0.2) is 24.3 Å². The average molecular weight is 628 g/mol. The van der Waals surface area contributed by atoms with E-state index in [4.69, 9.17) is 5.73 Å². The van der Waals surface area contributed by atoms with Crippen LogP contribution >= 0.6 is 0 Å². The molecule has 0 aromatic heterocycles. The highest BCUT2D eigenvalue weighted by Crippen LogP contribution is 2.36. The lowest BCUT2D eigenvalue weighted by atomic mass is 9.85. The second-order valence-corrected chi connectivity index (χ2v) is 14.0. The molecule has 1 aromatic rings. The number of hydrogen-bond donors (Lipinski definition) is 5. The molecule has 6 N–H and O–H groups in total. The molecular formula is C33H49N5O7. The van der Waals surface area contributed by atoms with Crippen LogP contribution in [-0.2, 0) is 19.2 Å². The number of nitrogens with two attached hydrogens (primary N) is 1. The monoisotopic (exact) mass is 627 g/mol. The van der Waals surface area contributed by atoms with Gasteiger partial charge in [-0.3, -0.25) is 24.0 Å². The Hall–Kier alpha value is -3.96. The maximum absolute atomic E-state index is 14.2. The molecule has 12 nitrogen and oxygen atoms in total. The molecule has 2 aliphatic rings. The van der Waals surface area contributed by atoms with E-state index in [-0.39, 0.29) is 41.7 Å². The van der Waals surface area contributed by atoms with E-state index >= 15 is 0 Å². The first-order valence-electron chi connectivity index (χ1n) is 15.8. The minimum Gasteiger partial charge on any atom is -0.508 e. The summed E-state index contributed by atoms with van der Waals surface area (Å²) in [6, 6.07) is 1.06. The summed E-state index contributed by atoms with van der Waals surface area (Å²) in [6.45, 7) is 13.1. The number of hydrogen-bond acceptors (Lipinski definition) is 7. The first kappa shape index (κ1) is 35.5. The molecule has 45 heavy (non-hydrogen) atoms. The van der Waals surface area contributed by atoms with Crippen LogP contribution in [0.3, 0.4) is 0 Å². The number of urea groups is 1. The number of primary amides is 1. The highest BCUT2D eigenvalue weighted by molar-refractivity contribution is 6.37. The predicted octanol–water partition coefficient (Wildman–Crippen LogP) is 2.53. The van der Waals surface area contributed by atoms with Crippen LogP contribution in [0, 0.1) is 29.1 Å². The summed E-state index contributed by atoms with van der Waals surface area (Å²) in [5, 5.41) is 17.8. The number of amides is 5. The van der Waals surface area contributed by atoms with Gasteiger partial charge in [0, 0.05) is 12.1 Å². The number of likely N-dealkylation sites (tertiary alicyclic amines) is 1. The van der Waals surface area contributed by atoms with E-state index in [2.05, 4.69) is 16.0 Å². The SMILES string of the molecule is CC[C@@H]1[C@@H](C(=O)NC(CC2CC2)C(=O)C(N)=O)N(C(=O)[C@@H](NC(=O)N[C@H](C(=O)c2ccc(O)cc2)C(C)C)C(C)(C)C)C[C@@H]1C. The summed E-state index contributed by atoms with van der Waals surface area (Å²) >= 11 is 0. The number of benzene rings is 1. The molecule has 6 atom stereocenters. The standard InChI is InChI=1S/C33H49N5O7/c1-8-22-18(4)16-38(25(22)30(43)35-23(15-19-9-10-19)27(41)29(34)42)31(44)28(33(5,6)7)37-32(45)36-24(17(2)3)26(40)20-11-13-21(39)14-12-20/h11-14,17-19,22-25,28,39H,8-10,15-16H2,1-7H3,(H2,34,42)(H,35,43)(H2,36,37,45)/t18-,22-,23?,24-,25-,28+/m0/s1. The van der Waals surface area contributed by atoms with Crippen molar-refractivity contribution in [1.29, 1.82) is 0 Å². The fourth-order valence-electron chi connectivity index (χ4n) is 6.11. The molecule has 2 fully saturated rings. The smallest absolute Gasteiger partial charge is 0.316 e. The Kier molecular flexibility index (Phi) is 11.4. The number of Topliss-reactive ketones (excluding diaryl/α,β-unsaturated/α-hetero) is 2. The van der Waals surface area contributed by atoms with E-state index in [1.165, 1.54) is 29.2 Å². The van der Waals surface area contributed by atoms with Crippen molar-refractivity contribution in [2.45, 2.75) is 98.3 Å². The first-order valence-corrected chi connectivity index (χ1v) is 15.8. The van der Waals surface area contributed by atoms with Gasteiger partial charge in [0.1, 0.15) is 17.8 Å². The van der Waals surface area contributed by atoms with E-state index < -0.39 is 59.1 Å². The van der Waals surface area contributed by atoms with Crippen molar-refractivity contribution in [3.63, 3.8) is 0 Å². The molecular weight excluding hydrogens is 578 g/mol. The molecule has 12 heteroatoms. The zero-order chi connectivity index (χ0) is 33.8. The van der Waals surface area contributed by atoms with E-state index in [1.807, 2.05) is 13.8 Å². The van der Waals surface area contributed by atoms with Crippen LogP contribution in [0.4, 0.5) is 4.79 Å². The Balaban J connectivity index is 1.83. The topological polar surface area (TPSA) is 188 Å². The third-order valence-electron chi connectivity index (χ3n) is 8.90. The van der Waals surface area contributed by atoms with Crippen LogP contribution in [-0.4, -0.2) is 76.0 Å². The van der Waals surface area contributed by atoms with E-state index in [9.17, 15) is 33.9 Å². The minimum atomic E-state index is -1.12. The number of ketones is 2. The summed E-state index contributed by atoms with van der Waals surface area (Å²) in [4.78, 5) is 80.4. The number of carbonyl (C=O) groups excluding carboxylic acids is 6. The average Bonchev–Trinajstić information content (AvgIpc) is 3.71. The number of aromatic hydroxyl groups is 1. The third-order valence-corrected chi connectivity index (χ3v) is 8.90. The van der Waals surface area contributed by atoms with Crippen molar-refractivity contribution < 1.29 is 33.9 Å². The quantitative estimate of drug-likeness (QED) is 0.164. The van der Waals surface area contributed by atoms with Gasteiger partial charge in [-0.1, -0.05) is 67.7 Å². The number of nitrogens with zero attached hydrogens (tertiary/aromatic N) is 1. The molecule has 1 aliphatic carbocycles. The van der Waals surface area contributed by atoms with E-state index in [1.54, 1.807) is 34.6 Å². The molecule has 0 bridgehead atoms. The normalized spacial score (nSPS) is 21.9. The van der Waals surface area contributed by atoms with Gasteiger partial charge in [-0.05, 0) is 59.8 Å². The zero-order valence-corrected chi connectivity index (χ0v) is 27.4. The second-order valence-electron chi connectivity index (χ2n) is 14.0. The van der Waals surface area contributed by atoms with Crippen molar-refractivity contribution in [1.82, 2.24) is 20.9 Å². The molecule has 0 radical (unpaired) electrons. The lowest BCUT2D eigenvalue weighted by molar-refractivity contribution is -0.144. The number of carbonyl (C=O) groups is 6. The van der Waals surface area contributed by atoms with Crippen molar-refractivity contribution in [2.24, 2.45) is 34.8 Å². The highest BCUT2D eigenvalue weighted by Gasteiger charge is 2.49. The van der Waals surface area contributed by atoms with E-state index in [0.29, 0.717) is 18.4 Å². The number of phenolic OH excluding ortho intramolecular Hbond substituents is 1. The van der Waals surface area contributed by atoms with Gasteiger partial charge in [-0.15, -0.1) is 0 Å². The maximum Gasteiger partial charge on any atom is 0.316 e. The van der Waals surface area contributed by atoms with Gasteiger partial charge >= 0.3 is 6.03 Å². The summed E-state index contributed by atoms with van der Waals surface area (Å²) in [5.74, 6) is -3.64. The number of rotatable bonds is 13. The second kappa shape index (κ2) is 14.4. The Labute approximate surface area is 265 Å². The molecule has 248 valence electrons. The lowest BCUT2D eigenvalue weighted by Gasteiger charge is -2.36. The number of phenols is 1. The Morgan fingerprint density at radius 3 is 2.09 bits per heavy atom. The fraction of sp³-hybridized carbons (Fsp3) is 0.636. The van der Waals surface area contributed by atoms with Crippen molar-refractivity contribution >= 4 is 35.3 Å². The van der Waals surface area contributed by atoms with Gasteiger partial charge in [0.15, 0.2) is 5.78 Å². The highest BCUT2D eigenvalue weighted by atomic mass is 16.3. The number of nitrogens with one attached hydrogen (secondary N) is 3. The predicted molar refractivity (Wildman–Crippen MR) is 168 cm³/mol. The van der Waals surface area contributed by atoms with Crippen LogP contribution in [0.5, 0.6) is 5.75 Å². The molecule has 1 saturated carbocycles. The van der Waals surface area contributed by atoms with E-state index in [0.717, 1.165) is 12.8 Å². The summed E-state index contributed by atoms with van der Waals surface area (Å²) < 4.78 is 0. The minimum absolute atomic E-state index is 0.0105. The largest absolute Gasteiger partial charge is 0.508 e. The van der Waals surface area contributed by atoms with Crippen LogP contribution < -0.4 is 21.7 Å². The van der Waals surface area contributed by atoms with Gasteiger partial charge in [0.25, 0.3) is 5.91 Å². The molecule has 1 saturated heterocycles. The van der Waals surface area contributed by atoms with Crippen molar-refractivity contribution in [2.75, 3.05) is 6.54 Å². The van der Waals surface area contributed by atoms with Crippen molar-refractivity contribution in [3.8, 4) is 5.75 Å². The molecule has 3 rings (SSSR count). The summed E-state index contributed by atoms with van der Waals surface area (Å²) in [7, 11) is 0. The molecule has 0 spiro atoms. The molecule has 5 amide bonds. The summed E-state index contributed by atoms with van der Waals surface area (Å²) in [5.41, 5.74) is 4.81. The molecule has 1 heterocycles. The van der Waals surface area contributed by atoms with Crippen LogP contribution in [0.1, 0.15) is 84.5 Å². The maximum atomic E-state index is 14.2. The fourth-order valence-corrected chi connectivity index (χ4v) is 6.11. The Morgan fingerprint density at radius 2 is 1.60 bits per heavy atom. The molecule has 1 aliphatic heterocycles. The molecule has 1 unspecified atom stereocenters. The van der Waals surface area contributed by atoms with Gasteiger partial charge < -0.3 is 31.7 Å². The lowest BCUT2D eigenvalue weighted by Crippen LogP contribution is -2.61. The third kappa shape index (κ3) is 8.82.